The molecule has 0 bridgehead atoms. The normalized spacial score (nSPS) is 16.4. The monoisotopic (exact) mass is 395 g/mol. The molecule has 3 aromatic carbocycles. The van der Waals surface area contributed by atoms with Crippen LogP contribution in [0.2, 0.25) is 0 Å². The van der Waals surface area contributed by atoms with Gasteiger partial charge < -0.3 is 10.0 Å². The van der Waals surface area contributed by atoms with Crippen LogP contribution < -0.4 is 4.90 Å². The molecule has 0 saturated carbocycles. The zero-order valence-corrected chi connectivity index (χ0v) is 16.8. The van der Waals surface area contributed by atoms with Crippen molar-refractivity contribution in [2.24, 2.45) is 0 Å². The van der Waals surface area contributed by atoms with E-state index < -0.39 is 0 Å². The van der Waals surface area contributed by atoms with Crippen molar-refractivity contribution in [2.45, 2.75) is 0 Å². The van der Waals surface area contributed by atoms with Gasteiger partial charge in [0.15, 0.2) is 11.6 Å². The van der Waals surface area contributed by atoms with Gasteiger partial charge in [-0.05, 0) is 23.8 Å². The SMILES string of the molecule is CN(C)c1ccc(C=C2C(=O)c3ccccc3C(=O)C2=C(O)c2ccccc2)cc1. The Morgan fingerprint density at radius 1 is 0.767 bits per heavy atom. The zero-order valence-electron chi connectivity index (χ0n) is 16.8. The lowest BCUT2D eigenvalue weighted by Crippen LogP contribution is -2.24. The van der Waals surface area contributed by atoms with Crippen molar-refractivity contribution in [3.8, 4) is 0 Å². The molecule has 4 nitrogen and oxygen atoms in total. The van der Waals surface area contributed by atoms with Crippen LogP contribution in [-0.4, -0.2) is 30.8 Å². The molecule has 4 rings (SSSR count). The fraction of sp³-hybridized carbons (Fsp3) is 0.0769. The zero-order chi connectivity index (χ0) is 21.3. The van der Waals surface area contributed by atoms with E-state index in [2.05, 4.69) is 0 Å². The lowest BCUT2D eigenvalue weighted by molar-refractivity contribution is 0.0972. The van der Waals surface area contributed by atoms with E-state index in [4.69, 9.17) is 0 Å². The Kier molecular flexibility index (Phi) is 5.07. The van der Waals surface area contributed by atoms with Crippen LogP contribution in [0, 0.1) is 0 Å². The van der Waals surface area contributed by atoms with Crippen LogP contribution in [0.15, 0.2) is 90.0 Å². The number of hydrogen-bond donors (Lipinski definition) is 1. The maximum Gasteiger partial charge on any atom is 0.198 e. The number of allylic oxidation sites excluding steroid dienone is 2. The largest absolute Gasteiger partial charge is 0.507 e. The summed E-state index contributed by atoms with van der Waals surface area (Å²) in [5, 5.41) is 11.0. The molecule has 1 aliphatic carbocycles. The average Bonchev–Trinajstić information content (AvgIpc) is 2.78. The molecule has 0 fully saturated rings. The number of aliphatic hydroxyl groups excluding tert-OH is 1. The first kappa shape index (κ1) is 19.4. The Labute approximate surface area is 175 Å². The highest BCUT2D eigenvalue weighted by Gasteiger charge is 2.35. The van der Waals surface area contributed by atoms with Crippen molar-refractivity contribution in [2.75, 3.05) is 19.0 Å². The average molecular weight is 395 g/mol. The van der Waals surface area contributed by atoms with Crippen LogP contribution in [0.3, 0.4) is 0 Å². The number of carbonyl (C=O) groups excluding carboxylic acids is 2. The molecule has 0 aliphatic heterocycles. The Bertz CT molecular complexity index is 1190. The number of hydrogen-bond acceptors (Lipinski definition) is 4. The summed E-state index contributed by atoms with van der Waals surface area (Å²) in [5.74, 6) is -0.832. The fourth-order valence-corrected chi connectivity index (χ4v) is 3.54. The van der Waals surface area contributed by atoms with Gasteiger partial charge in [0.25, 0.3) is 0 Å². The van der Waals surface area contributed by atoms with E-state index in [0.717, 1.165) is 11.3 Å². The molecule has 0 atom stereocenters. The molecule has 1 N–H and O–H groups in total. The predicted octanol–water partition coefficient (Wildman–Crippen LogP) is 5.18. The summed E-state index contributed by atoms with van der Waals surface area (Å²) in [6.07, 6.45) is 1.67. The van der Waals surface area contributed by atoms with E-state index in [-0.39, 0.29) is 28.5 Å². The quantitative estimate of drug-likeness (QED) is 0.490. The molecule has 148 valence electrons. The van der Waals surface area contributed by atoms with Crippen LogP contribution in [0.25, 0.3) is 11.8 Å². The third-order valence-corrected chi connectivity index (χ3v) is 5.16. The van der Waals surface area contributed by atoms with Crippen LogP contribution in [0.5, 0.6) is 0 Å². The van der Waals surface area contributed by atoms with Gasteiger partial charge in [-0.2, -0.15) is 0 Å². The van der Waals surface area contributed by atoms with Crippen molar-refractivity contribution in [1.29, 1.82) is 0 Å². The van der Waals surface area contributed by atoms with Crippen LogP contribution in [-0.2, 0) is 0 Å². The molecule has 0 spiro atoms. The third-order valence-electron chi connectivity index (χ3n) is 5.16. The van der Waals surface area contributed by atoms with E-state index in [9.17, 15) is 14.7 Å². The maximum atomic E-state index is 13.3. The molecule has 0 radical (unpaired) electrons. The van der Waals surface area contributed by atoms with E-state index in [0.29, 0.717) is 16.7 Å². The van der Waals surface area contributed by atoms with E-state index in [1.807, 2.05) is 49.3 Å². The molecule has 3 aromatic rings. The highest BCUT2D eigenvalue weighted by Crippen LogP contribution is 2.35. The van der Waals surface area contributed by atoms with E-state index in [1.165, 1.54) is 0 Å². The molecule has 0 saturated heterocycles. The number of aliphatic hydroxyl groups is 1. The summed E-state index contributed by atoms with van der Waals surface area (Å²) in [5.41, 5.74) is 3.16. The van der Waals surface area contributed by atoms with Crippen molar-refractivity contribution in [3.63, 3.8) is 0 Å². The summed E-state index contributed by atoms with van der Waals surface area (Å²) >= 11 is 0. The highest BCUT2D eigenvalue weighted by molar-refractivity contribution is 6.34. The first-order valence-electron chi connectivity index (χ1n) is 9.64. The van der Waals surface area contributed by atoms with Gasteiger partial charge in [0.2, 0.25) is 0 Å². The topological polar surface area (TPSA) is 57.6 Å². The summed E-state index contributed by atoms with van der Waals surface area (Å²) < 4.78 is 0. The van der Waals surface area contributed by atoms with Gasteiger partial charge in [-0.15, -0.1) is 0 Å². The van der Waals surface area contributed by atoms with Gasteiger partial charge in [-0.3, -0.25) is 9.59 Å². The standard InChI is InChI=1S/C26H21NO3/c1-27(2)19-14-12-17(13-15-19)16-22-23(24(28)18-8-4-3-5-9-18)26(30)21-11-7-6-10-20(21)25(22)29/h3-16,28H,1-2H3. The Morgan fingerprint density at radius 3 is 1.93 bits per heavy atom. The fourth-order valence-electron chi connectivity index (χ4n) is 3.54. The summed E-state index contributed by atoms with van der Waals surface area (Å²) in [6, 6.07) is 23.2. The second-order valence-corrected chi connectivity index (χ2v) is 7.34. The first-order valence-corrected chi connectivity index (χ1v) is 9.64. The molecule has 0 aromatic heterocycles. The number of fused-ring (bicyclic) bond motifs is 1. The van der Waals surface area contributed by atoms with Crippen molar-refractivity contribution < 1.29 is 14.7 Å². The van der Waals surface area contributed by atoms with Crippen molar-refractivity contribution >= 4 is 29.1 Å². The molecule has 0 unspecified atom stereocenters. The van der Waals surface area contributed by atoms with E-state index >= 15 is 0 Å². The molecule has 4 heteroatoms. The lowest BCUT2D eigenvalue weighted by Gasteiger charge is -2.21. The molecule has 0 heterocycles. The second kappa shape index (κ2) is 7.84. The number of Topliss-reactive ketones (excluding diaryl/α,β-unsaturated/α-hetero) is 2. The summed E-state index contributed by atoms with van der Waals surface area (Å²) in [6.45, 7) is 0. The predicted molar refractivity (Wildman–Crippen MR) is 120 cm³/mol. The lowest BCUT2D eigenvalue weighted by atomic mass is 9.80. The summed E-state index contributed by atoms with van der Waals surface area (Å²) in [4.78, 5) is 28.6. The number of ketones is 2. The second-order valence-electron chi connectivity index (χ2n) is 7.34. The van der Waals surface area contributed by atoms with Gasteiger partial charge in [0.05, 0.1) is 5.57 Å². The van der Waals surface area contributed by atoms with Crippen LogP contribution in [0.4, 0.5) is 5.69 Å². The Morgan fingerprint density at radius 2 is 1.33 bits per heavy atom. The number of benzene rings is 3. The number of rotatable bonds is 3. The number of carbonyl (C=O) groups is 2. The Hall–Kier alpha value is -3.92. The highest BCUT2D eigenvalue weighted by atomic mass is 16.3. The van der Waals surface area contributed by atoms with Gasteiger partial charge in [-0.25, -0.2) is 0 Å². The van der Waals surface area contributed by atoms with Gasteiger partial charge in [0, 0.05) is 42.0 Å². The third kappa shape index (κ3) is 3.44. The first-order chi connectivity index (χ1) is 14.5. The minimum Gasteiger partial charge on any atom is -0.507 e. The van der Waals surface area contributed by atoms with Crippen LogP contribution >= 0.6 is 0 Å². The Balaban J connectivity index is 1.93. The molecule has 1 aliphatic rings. The van der Waals surface area contributed by atoms with Crippen molar-refractivity contribution in [3.05, 3.63) is 112 Å². The molecular weight excluding hydrogens is 374 g/mol. The van der Waals surface area contributed by atoms with Gasteiger partial charge in [-0.1, -0.05) is 66.7 Å². The van der Waals surface area contributed by atoms with Gasteiger partial charge in [0.1, 0.15) is 5.76 Å². The molecule has 0 amide bonds. The van der Waals surface area contributed by atoms with Gasteiger partial charge >= 0.3 is 0 Å². The number of anilines is 1. The number of nitrogens with zero attached hydrogens (tertiary/aromatic N) is 1. The minimum absolute atomic E-state index is 0.0292. The van der Waals surface area contributed by atoms with E-state index in [1.54, 1.807) is 54.6 Å². The van der Waals surface area contributed by atoms with Crippen molar-refractivity contribution in [1.82, 2.24) is 0 Å². The molecular formula is C26H21NO3. The molecule has 30 heavy (non-hydrogen) atoms. The maximum absolute atomic E-state index is 13.3. The minimum atomic E-state index is -0.359. The smallest absolute Gasteiger partial charge is 0.198 e. The summed E-state index contributed by atoms with van der Waals surface area (Å²) in [7, 11) is 3.90. The van der Waals surface area contributed by atoms with Crippen LogP contribution in [0.1, 0.15) is 31.8 Å².